The van der Waals surface area contributed by atoms with Crippen LogP contribution in [0.4, 0.5) is 5.69 Å². The van der Waals surface area contributed by atoms with Gasteiger partial charge in [-0.2, -0.15) is 0 Å². The van der Waals surface area contributed by atoms with E-state index < -0.39 is 0 Å². The molecule has 3 atom stereocenters. The summed E-state index contributed by atoms with van der Waals surface area (Å²) < 4.78 is 0. The second kappa shape index (κ2) is 6.15. The summed E-state index contributed by atoms with van der Waals surface area (Å²) in [4.78, 5) is 14.8. The molecule has 3 rings (SSSR count). The zero-order valence-electron chi connectivity index (χ0n) is 11.9. The first kappa shape index (κ1) is 15.3. The smallest absolute Gasteiger partial charge is 0.230 e. The van der Waals surface area contributed by atoms with Gasteiger partial charge in [-0.05, 0) is 44.2 Å². The number of benzene rings is 1. The molecule has 2 N–H and O–H groups in total. The number of amides is 1. The van der Waals surface area contributed by atoms with E-state index in [1.807, 2.05) is 11.0 Å². The van der Waals surface area contributed by atoms with E-state index in [4.69, 9.17) is 5.73 Å². The van der Waals surface area contributed by atoms with Gasteiger partial charge in [0.1, 0.15) is 0 Å². The van der Waals surface area contributed by atoms with Crippen molar-refractivity contribution < 1.29 is 4.79 Å². The number of hydrogen-bond acceptors (Lipinski definition) is 2. The molecular formula is C16H23ClN2O. The summed E-state index contributed by atoms with van der Waals surface area (Å²) in [6, 6.07) is 8.75. The minimum absolute atomic E-state index is 0. The van der Waals surface area contributed by atoms with Crippen molar-refractivity contribution in [2.45, 2.75) is 51.1 Å². The highest BCUT2D eigenvalue weighted by atomic mass is 35.5. The van der Waals surface area contributed by atoms with Gasteiger partial charge in [-0.3, -0.25) is 4.79 Å². The fraction of sp³-hybridized carbons (Fsp3) is 0.562. The van der Waals surface area contributed by atoms with Crippen LogP contribution in [0.15, 0.2) is 24.3 Å². The van der Waals surface area contributed by atoms with Crippen LogP contribution in [0.5, 0.6) is 0 Å². The summed E-state index contributed by atoms with van der Waals surface area (Å²) in [5.74, 6) is 0.407. The first-order valence-corrected chi connectivity index (χ1v) is 7.33. The number of anilines is 1. The molecule has 20 heavy (non-hydrogen) atoms. The summed E-state index contributed by atoms with van der Waals surface area (Å²) in [6.07, 6.45) is 4.97. The Kier molecular flexibility index (Phi) is 4.71. The number of para-hydroxylation sites is 1. The summed E-state index contributed by atoms with van der Waals surface area (Å²) >= 11 is 0. The van der Waals surface area contributed by atoms with Crippen LogP contribution in [0, 0.1) is 5.92 Å². The summed E-state index contributed by atoms with van der Waals surface area (Å²) in [5.41, 5.74) is 8.43. The van der Waals surface area contributed by atoms with Crippen LogP contribution >= 0.6 is 12.4 Å². The van der Waals surface area contributed by atoms with Gasteiger partial charge in [0.05, 0.1) is 0 Å². The van der Waals surface area contributed by atoms with E-state index in [9.17, 15) is 4.79 Å². The maximum atomic E-state index is 12.8. The molecule has 0 radical (unpaired) electrons. The third-order valence-corrected chi connectivity index (χ3v) is 4.51. The molecule has 1 amide bonds. The monoisotopic (exact) mass is 294 g/mol. The standard InChI is InChI=1S/C16H22N2O.ClH/c1-11-9-12-5-2-3-8-15(12)18(11)16(19)13-6-4-7-14(17)10-13;/h2-3,5,8,11,13-14H,4,6-7,9-10,17H2,1H3;1H. The van der Waals surface area contributed by atoms with E-state index >= 15 is 0 Å². The molecule has 0 bridgehead atoms. The van der Waals surface area contributed by atoms with Gasteiger partial charge in [0.15, 0.2) is 0 Å². The number of hydrogen-bond donors (Lipinski definition) is 1. The van der Waals surface area contributed by atoms with Gasteiger partial charge in [0.25, 0.3) is 0 Å². The zero-order chi connectivity index (χ0) is 13.4. The quantitative estimate of drug-likeness (QED) is 0.866. The average Bonchev–Trinajstić information content (AvgIpc) is 2.74. The highest BCUT2D eigenvalue weighted by Crippen LogP contribution is 2.35. The van der Waals surface area contributed by atoms with Crippen LogP contribution in [-0.4, -0.2) is 18.0 Å². The molecule has 4 heteroatoms. The van der Waals surface area contributed by atoms with Crippen LogP contribution < -0.4 is 10.6 Å². The van der Waals surface area contributed by atoms with E-state index in [0.29, 0.717) is 0 Å². The molecule has 3 unspecified atom stereocenters. The molecule has 0 spiro atoms. The van der Waals surface area contributed by atoms with E-state index in [1.165, 1.54) is 5.56 Å². The lowest BCUT2D eigenvalue weighted by atomic mass is 9.85. The van der Waals surface area contributed by atoms with Crippen molar-refractivity contribution in [2.24, 2.45) is 11.7 Å². The van der Waals surface area contributed by atoms with E-state index in [0.717, 1.165) is 37.8 Å². The highest BCUT2D eigenvalue weighted by Gasteiger charge is 2.36. The lowest BCUT2D eigenvalue weighted by Gasteiger charge is -2.31. The maximum absolute atomic E-state index is 12.8. The molecule has 0 aromatic heterocycles. The van der Waals surface area contributed by atoms with Gasteiger partial charge >= 0.3 is 0 Å². The Balaban J connectivity index is 0.00000147. The van der Waals surface area contributed by atoms with Crippen LogP contribution in [0.1, 0.15) is 38.2 Å². The van der Waals surface area contributed by atoms with Crippen LogP contribution in [-0.2, 0) is 11.2 Å². The number of rotatable bonds is 1. The zero-order valence-corrected chi connectivity index (χ0v) is 12.7. The topological polar surface area (TPSA) is 46.3 Å². The van der Waals surface area contributed by atoms with Gasteiger partial charge in [0, 0.05) is 23.7 Å². The molecule has 0 saturated heterocycles. The van der Waals surface area contributed by atoms with Gasteiger partial charge in [-0.25, -0.2) is 0 Å². The number of nitrogens with two attached hydrogens (primary N) is 1. The van der Waals surface area contributed by atoms with Crippen LogP contribution in [0.3, 0.4) is 0 Å². The Bertz CT molecular complexity index is 491. The summed E-state index contributed by atoms with van der Waals surface area (Å²) in [6.45, 7) is 2.14. The normalized spacial score (nSPS) is 28.7. The number of carbonyl (C=O) groups excluding carboxylic acids is 1. The number of halogens is 1. The van der Waals surface area contributed by atoms with Crippen LogP contribution in [0.2, 0.25) is 0 Å². The van der Waals surface area contributed by atoms with Crippen LogP contribution in [0.25, 0.3) is 0 Å². The number of fused-ring (bicyclic) bond motifs is 1. The first-order chi connectivity index (χ1) is 9.16. The Morgan fingerprint density at radius 3 is 2.80 bits per heavy atom. The molecule has 1 aliphatic heterocycles. The van der Waals surface area contributed by atoms with Gasteiger partial charge in [-0.15, -0.1) is 12.4 Å². The van der Waals surface area contributed by atoms with E-state index in [1.54, 1.807) is 0 Å². The predicted octanol–water partition coefficient (Wildman–Crippen LogP) is 2.90. The van der Waals surface area contributed by atoms with Crippen molar-refractivity contribution in [2.75, 3.05) is 4.90 Å². The van der Waals surface area contributed by atoms with Crippen molar-refractivity contribution in [3.8, 4) is 0 Å². The van der Waals surface area contributed by atoms with Gasteiger partial charge < -0.3 is 10.6 Å². The third-order valence-electron chi connectivity index (χ3n) is 4.51. The fourth-order valence-corrected chi connectivity index (χ4v) is 3.55. The molecule has 1 aromatic rings. The highest BCUT2D eigenvalue weighted by molar-refractivity contribution is 5.97. The molecule has 1 aliphatic carbocycles. The number of carbonyl (C=O) groups is 1. The van der Waals surface area contributed by atoms with Crippen molar-refractivity contribution >= 4 is 24.0 Å². The minimum Gasteiger partial charge on any atom is -0.328 e. The second-order valence-corrected chi connectivity index (χ2v) is 6.01. The molecule has 1 heterocycles. The fourth-order valence-electron chi connectivity index (χ4n) is 3.55. The Morgan fingerprint density at radius 1 is 1.30 bits per heavy atom. The minimum atomic E-state index is 0. The molecule has 1 aromatic carbocycles. The van der Waals surface area contributed by atoms with Gasteiger partial charge in [-0.1, -0.05) is 24.6 Å². The molecular weight excluding hydrogens is 272 g/mol. The molecule has 110 valence electrons. The molecule has 1 saturated carbocycles. The lowest BCUT2D eigenvalue weighted by Crippen LogP contribution is -2.43. The average molecular weight is 295 g/mol. The van der Waals surface area contributed by atoms with Crippen molar-refractivity contribution in [1.82, 2.24) is 0 Å². The van der Waals surface area contributed by atoms with E-state index in [-0.39, 0.29) is 36.3 Å². The first-order valence-electron chi connectivity index (χ1n) is 7.33. The Hall–Kier alpha value is -1.06. The van der Waals surface area contributed by atoms with Crippen molar-refractivity contribution in [3.63, 3.8) is 0 Å². The van der Waals surface area contributed by atoms with E-state index in [2.05, 4.69) is 25.1 Å². The largest absolute Gasteiger partial charge is 0.328 e. The SMILES string of the molecule is CC1Cc2ccccc2N1C(=O)C1CCCC(N)C1.Cl. The third kappa shape index (κ3) is 2.70. The lowest BCUT2D eigenvalue weighted by molar-refractivity contribution is -0.123. The summed E-state index contributed by atoms with van der Waals surface area (Å²) in [7, 11) is 0. The second-order valence-electron chi connectivity index (χ2n) is 6.01. The molecule has 2 aliphatic rings. The molecule has 1 fully saturated rings. The Labute approximate surface area is 126 Å². The van der Waals surface area contributed by atoms with Crippen molar-refractivity contribution in [3.05, 3.63) is 29.8 Å². The Morgan fingerprint density at radius 2 is 2.05 bits per heavy atom. The molecule has 3 nitrogen and oxygen atoms in total. The van der Waals surface area contributed by atoms with Crippen molar-refractivity contribution in [1.29, 1.82) is 0 Å². The summed E-state index contributed by atoms with van der Waals surface area (Å²) in [5, 5.41) is 0. The van der Waals surface area contributed by atoms with Gasteiger partial charge in [0.2, 0.25) is 5.91 Å². The maximum Gasteiger partial charge on any atom is 0.230 e. The predicted molar refractivity (Wildman–Crippen MR) is 84.3 cm³/mol. The number of nitrogens with zero attached hydrogens (tertiary/aromatic N) is 1.